The molecule has 0 heterocycles. The molecule has 0 fully saturated rings. The third-order valence-corrected chi connectivity index (χ3v) is 12.2. The van der Waals surface area contributed by atoms with Gasteiger partial charge in [-0.25, -0.2) is 0 Å². The number of allylic oxidation sites excluding steroid dienone is 6. The number of nitrogens with zero attached hydrogens (tertiary/aromatic N) is 1. The zero-order valence-electron chi connectivity index (χ0n) is 40.9. The molecule has 8 nitrogen and oxygen atoms in total. The van der Waals surface area contributed by atoms with E-state index in [1.54, 1.807) is 0 Å². The van der Waals surface area contributed by atoms with E-state index in [0.29, 0.717) is 24.1 Å². The summed E-state index contributed by atoms with van der Waals surface area (Å²) in [7, 11) is 1.36. The Balaban J connectivity index is 4.10. The number of likely N-dealkylation sites (N-methyl/N-ethyl adjacent to an activating group) is 1. The van der Waals surface area contributed by atoms with Crippen LogP contribution in [-0.2, 0) is 27.9 Å². The molecule has 0 rings (SSSR count). The van der Waals surface area contributed by atoms with E-state index in [4.69, 9.17) is 18.5 Å². The maximum Gasteiger partial charge on any atom is 0.306 e. The molecule has 0 saturated carbocycles. The average Bonchev–Trinajstić information content (AvgIpc) is 3.22. The molecule has 0 amide bonds. The molecule has 2 unspecified atom stereocenters. The number of hydrogen-bond acceptors (Lipinski definition) is 7. The number of phosphoric acid groups is 1. The van der Waals surface area contributed by atoms with Crippen molar-refractivity contribution >= 4 is 13.8 Å². The molecule has 61 heavy (non-hydrogen) atoms. The van der Waals surface area contributed by atoms with E-state index in [1.165, 1.54) is 167 Å². The summed E-state index contributed by atoms with van der Waals surface area (Å²) in [5.74, 6) is -0.335. The second-order valence-corrected chi connectivity index (χ2v) is 19.9. The highest BCUT2D eigenvalue weighted by molar-refractivity contribution is 7.45. The number of phosphoric ester groups is 1. The van der Waals surface area contributed by atoms with Gasteiger partial charge in [-0.2, -0.15) is 0 Å². The topological polar surface area (TPSA) is 94.1 Å². The van der Waals surface area contributed by atoms with Crippen molar-refractivity contribution < 1.29 is 37.3 Å². The summed E-state index contributed by atoms with van der Waals surface area (Å²) >= 11 is 0. The lowest BCUT2D eigenvalue weighted by molar-refractivity contribution is -0.870. The number of ether oxygens (including phenoxy) is 2. The van der Waals surface area contributed by atoms with Gasteiger partial charge in [0.2, 0.25) is 0 Å². The van der Waals surface area contributed by atoms with Gasteiger partial charge in [0, 0.05) is 13.0 Å². The number of carbonyl (C=O) groups excluding carboxylic acids is 1. The molecule has 0 aromatic rings. The van der Waals surface area contributed by atoms with Crippen LogP contribution in [0, 0.1) is 0 Å². The Morgan fingerprint density at radius 1 is 0.508 bits per heavy atom. The number of rotatable bonds is 48. The molecule has 0 spiro atoms. The first-order valence-corrected chi connectivity index (χ1v) is 27.2. The van der Waals surface area contributed by atoms with E-state index in [9.17, 15) is 14.3 Å². The molecule has 0 N–H and O–H groups in total. The van der Waals surface area contributed by atoms with Crippen LogP contribution in [0.5, 0.6) is 0 Å². The van der Waals surface area contributed by atoms with E-state index in [0.717, 1.165) is 44.9 Å². The predicted molar refractivity (Wildman–Crippen MR) is 259 cm³/mol. The monoisotopic (exact) mass is 882 g/mol. The van der Waals surface area contributed by atoms with E-state index in [2.05, 4.69) is 50.3 Å². The van der Waals surface area contributed by atoms with Crippen molar-refractivity contribution in [2.75, 3.05) is 54.1 Å². The number of carbonyl (C=O) groups is 1. The lowest BCUT2D eigenvalue weighted by Crippen LogP contribution is -2.37. The lowest BCUT2D eigenvalue weighted by Gasteiger charge is -2.28. The molecular formula is C52H100NO7P. The van der Waals surface area contributed by atoms with Crippen LogP contribution in [0.15, 0.2) is 36.5 Å². The van der Waals surface area contributed by atoms with E-state index >= 15 is 0 Å². The standard InChI is InChI=1S/C52H100NO7P/c1-6-8-10-12-14-16-18-20-22-23-24-25-26-27-28-29-30-31-32-33-35-37-39-41-43-45-52(54)60-51(50-59-61(55,56)58-48-46-53(3,4)5)49-57-47-44-42-40-38-36-34-21-19-17-15-13-11-9-7-2/h18,20,23-24,26-27,51H,6-17,19,21-22,25,28-50H2,1-5H3/b20-18-,24-23-,27-26-. The first-order chi connectivity index (χ1) is 29.6. The Labute approximate surface area is 378 Å². The highest BCUT2D eigenvalue weighted by atomic mass is 31.2. The third-order valence-electron chi connectivity index (χ3n) is 11.2. The van der Waals surface area contributed by atoms with Crippen molar-refractivity contribution in [2.45, 2.75) is 238 Å². The fourth-order valence-corrected chi connectivity index (χ4v) is 7.93. The van der Waals surface area contributed by atoms with Gasteiger partial charge in [0.1, 0.15) is 19.3 Å². The van der Waals surface area contributed by atoms with Gasteiger partial charge in [0.15, 0.2) is 0 Å². The number of esters is 1. The summed E-state index contributed by atoms with van der Waals surface area (Å²) in [4.78, 5) is 25.2. The first kappa shape index (κ1) is 59.7. The van der Waals surface area contributed by atoms with Gasteiger partial charge in [-0.05, 0) is 51.4 Å². The van der Waals surface area contributed by atoms with E-state index in [1.807, 2.05) is 21.1 Å². The van der Waals surface area contributed by atoms with Crippen molar-refractivity contribution in [3.63, 3.8) is 0 Å². The number of hydrogen-bond donors (Lipinski definition) is 0. The second kappa shape index (κ2) is 45.3. The van der Waals surface area contributed by atoms with Crippen LogP contribution in [0.2, 0.25) is 0 Å². The lowest BCUT2D eigenvalue weighted by atomic mass is 10.0. The number of quaternary nitrogens is 1. The predicted octanol–water partition coefficient (Wildman–Crippen LogP) is 15.1. The van der Waals surface area contributed by atoms with Crippen molar-refractivity contribution in [3.8, 4) is 0 Å². The molecule has 0 bridgehead atoms. The third kappa shape index (κ3) is 49.6. The van der Waals surface area contributed by atoms with Gasteiger partial charge in [-0.1, -0.05) is 211 Å². The summed E-state index contributed by atoms with van der Waals surface area (Å²) in [5, 5.41) is 0. The van der Waals surface area contributed by atoms with Gasteiger partial charge in [-0.15, -0.1) is 0 Å². The molecule has 360 valence electrons. The first-order valence-electron chi connectivity index (χ1n) is 25.7. The van der Waals surface area contributed by atoms with Gasteiger partial charge in [-0.3, -0.25) is 9.36 Å². The van der Waals surface area contributed by atoms with E-state index in [-0.39, 0.29) is 25.8 Å². The normalized spacial score (nSPS) is 13.9. The van der Waals surface area contributed by atoms with Crippen LogP contribution in [0.3, 0.4) is 0 Å². The highest BCUT2D eigenvalue weighted by Crippen LogP contribution is 2.38. The molecule has 0 radical (unpaired) electrons. The van der Waals surface area contributed by atoms with Crippen molar-refractivity contribution in [3.05, 3.63) is 36.5 Å². The molecule has 0 aliphatic carbocycles. The van der Waals surface area contributed by atoms with Gasteiger partial charge in [0.05, 0.1) is 34.4 Å². The largest absolute Gasteiger partial charge is 0.756 e. The summed E-state index contributed by atoms with van der Waals surface area (Å²) in [5.41, 5.74) is 0. The molecule has 0 saturated heterocycles. The molecule has 0 aromatic carbocycles. The molecule has 0 aliphatic heterocycles. The Bertz CT molecular complexity index is 1070. The zero-order chi connectivity index (χ0) is 44.8. The molecule has 0 aliphatic rings. The minimum atomic E-state index is -4.53. The number of unbranched alkanes of at least 4 members (excludes halogenated alkanes) is 28. The van der Waals surface area contributed by atoms with Crippen LogP contribution in [0.4, 0.5) is 0 Å². The summed E-state index contributed by atoms with van der Waals surface area (Å²) < 4.78 is 34.7. The summed E-state index contributed by atoms with van der Waals surface area (Å²) in [6.45, 7) is 5.43. The van der Waals surface area contributed by atoms with Crippen LogP contribution >= 0.6 is 7.82 Å². The zero-order valence-corrected chi connectivity index (χ0v) is 41.8. The van der Waals surface area contributed by atoms with E-state index < -0.39 is 13.9 Å². The Morgan fingerprint density at radius 3 is 1.34 bits per heavy atom. The average molecular weight is 882 g/mol. The van der Waals surface area contributed by atoms with Crippen LogP contribution < -0.4 is 4.89 Å². The smallest absolute Gasteiger partial charge is 0.306 e. The van der Waals surface area contributed by atoms with Gasteiger partial charge < -0.3 is 27.9 Å². The Hall–Kier alpha value is -1.28. The Kier molecular flexibility index (Phi) is 44.3. The highest BCUT2D eigenvalue weighted by Gasteiger charge is 2.20. The van der Waals surface area contributed by atoms with Crippen LogP contribution in [0.25, 0.3) is 0 Å². The minimum absolute atomic E-state index is 0.0265. The Morgan fingerprint density at radius 2 is 0.902 bits per heavy atom. The van der Waals surface area contributed by atoms with Gasteiger partial charge in [0.25, 0.3) is 7.82 Å². The van der Waals surface area contributed by atoms with Crippen molar-refractivity contribution in [2.24, 2.45) is 0 Å². The van der Waals surface area contributed by atoms with Crippen molar-refractivity contribution in [1.29, 1.82) is 0 Å². The molecular weight excluding hydrogens is 782 g/mol. The molecule has 9 heteroatoms. The summed E-state index contributed by atoms with van der Waals surface area (Å²) in [6, 6.07) is 0. The summed E-state index contributed by atoms with van der Waals surface area (Å²) in [6.07, 6.45) is 54.5. The second-order valence-electron chi connectivity index (χ2n) is 18.5. The quantitative estimate of drug-likeness (QED) is 0.0197. The van der Waals surface area contributed by atoms with Gasteiger partial charge >= 0.3 is 5.97 Å². The fourth-order valence-electron chi connectivity index (χ4n) is 7.20. The van der Waals surface area contributed by atoms with Crippen molar-refractivity contribution in [1.82, 2.24) is 0 Å². The maximum atomic E-state index is 12.7. The molecule has 0 aromatic heterocycles. The maximum absolute atomic E-state index is 12.7. The van der Waals surface area contributed by atoms with Crippen LogP contribution in [0.1, 0.15) is 232 Å². The molecule has 2 atom stereocenters. The minimum Gasteiger partial charge on any atom is -0.756 e. The fraction of sp³-hybridized carbons (Fsp3) is 0.865. The SMILES string of the molecule is CCCCCCC/C=C\C/C=C\C/C=C\CCCCCCCCCCCCC(=O)OC(COCCCCCCCCCCCCCCCC)COP(=O)([O-])OCC[N+](C)(C)C. The van der Waals surface area contributed by atoms with Crippen LogP contribution in [-0.4, -0.2) is 70.7 Å².